The lowest BCUT2D eigenvalue weighted by Crippen LogP contribution is -2.24. The summed E-state index contributed by atoms with van der Waals surface area (Å²) in [6.45, 7) is 4.97. The first-order valence-electron chi connectivity index (χ1n) is 8.77. The number of benzene rings is 1. The number of aromatic amines is 1. The van der Waals surface area contributed by atoms with Crippen LogP contribution in [0.5, 0.6) is 11.5 Å². The van der Waals surface area contributed by atoms with E-state index in [4.69, 9.17) is 14.7 Å². The largest absolute Gasteiger partial charge is 0.486 e. The molecule has 2 N–H and O–H groups in total. The minimum atomic E-state index is -0.390. The minimum absolute atomic E-state index is 0.103. The van der Waals surface area contributed by atoms with Gasteiger partial charge in [0.15, 0.2) is 11.5 Å². The number of rotatable bonds is 5. The summed E-state index contributed by atoms with van der Waals surface area (Å²) in [6, 6.07) is 7.52. The number of nitriles is 1. The highest BCUT2D eigenvalue weighted by atomic mass is 16.6. The van der Waals surface area contributed by atoms with Gasteiger partial charge in [-0.2, -0.15) is 5.26 Å². The van der Waals surface area contributed by atoms with Crippen LogP contribution >= 0.6 is 0 Å². The van der Waals surface area contributed by atoms with Gasteiger partial charge < -0.3 is 19.8 Å². The van der Waals surface area contributed by atoms with Crippen LogP contribution in [-0.4, -0.2) is 24.1 Å². The molecule has 0 bridgehead atoms. The number of nitrogens with one attached hydrogen (secondary N) is 2. The van der Waals surface area contributed by atoms with E-state index in [0.29, 0.717) is 48.9 Å². The van der Waals surface area contributed by atoms with E-state index in [1.54, 1.807) is 13.8 Å². The van der Waals surface area contributed by atoms with Gasteiger partial charge in [0.2, 0.25) is 5.91 Å². The zero-order valence-corrected chi connectivity index (χ0v) is 15.3. The summed E-state index contributed by atoms with van der Waals surface area (Å²) in [4.78, 5) is 26.7. The van der Waals surface area contributed by atoms with Gasteiger partial charge in [-0.3, -0.25) is 9.59 Å². The van der Waals surface area contributed by atoms with Crippen molar-refractivity contribution in [3.8, 4) is 17.6 Å². The van der Waals surface area contributed by atoms with Crippen LogP contribution in [0.4, 0.5) is 0 Å². The lowest BCUT2D eigenvalue weighted by atomic mass is 9.99. The Morgan fingerprint density at radius 1 is 1.26 bits per heavy atom. The van der Waals surface area contributed by atoms with Gasteiger partial charge >= 0.3 is 0 Å². The number of nitrogens with zero attached hydrogens (tertiary/aromatic N) is 1. The molecule has 0 atom stereocenters. The maximum atomic E-state index is 12.2. The van der Waals surface area contributed by atoms with Gasteiger partial charge in [0.1, 0.15) is 24.8 Å². The first kappa shape index (κ1) is 18.5. The van der Waals surface area contributed by atoms with Crippen LogP contribution in [0.15, 0.2) is 23.0 Å². The van der Waals surface area contributed by atoms with E-state index in [2.05, 4.69) is 10.3 Å². The van der Waals surface area contributed by atoms with Crippen molar-refractivity contribution in [1.82, 2.24) is 10.3 Å². The van der Waals surface area contributed by atoms with Crippen molar-refractivity contribution in [2.75, 3.05) is 13.2 Å². The van der Waals surface area contributed by atoms with Crippen LogP contribution in [0.25, 0.3) is 0 Å². The molecule has 1 aromatic heterocycles. The van der Waals surface area contributed by atoms with E-state index in [9.17, 15) is 9.59 Å². The lowest BCUT2D eigenvalue weighted by Gasteiger charge is -2.19. The predicted molar refractivity (Wildman–Crippen MR) is 98.9 cm³/mol. The van der Waals surface area contributed by atoms with Gasteiger partial charge in [0, 0.05) is 18.7 Å². The number of amides is 1. The zero-order chi connectivity index (χ0) is 19.4. The third kappa shape index (κ3) is 4.11. The number of ether oxygens (including phenoxy) is 2. The third-order valence-electron chi connectivity index (χ3n) is 4.62. The number of aromatic nitrogens is 1. The van der Waals surface area contributed by atoms with E-state index in [0.717, 1.165) is 11.1 Å². The minimum Gasteiger partial charge on any atom is -0.486 e. The summed E-state index contributed by atoms with van der Waals surface area (Å²) in [5.74, 6) is 1.30. The van der Waals surface area contributed by atoms with Gasteiger partial charge in [0.25, 0.3) is 5.56 Å². The fourth-order valence-electron chi connectivity index (χ4n) is 3.15. The van der Waals surface area contributed by atoms with Crippen molar-refractivity contribution in [2.24, 2.45) is 0 Å². The van der Waals surface area contributed by atoms with Crippen molar-refractivity contribution < 1.29 is 14.3 Å². The van der Waals surface area contributed by atoms with Crippen LogP contribution in [0, 0.1) is 25.2 Å². The molecule has 0 spiro atoms. The molecule has 0 aliphatic carbocycles. The number of hydrogen-bond acceptors (Lipinski definition) is 5. The Morgan fingerprint density at radius 3 is 2.74 bits per heavy atom. The normalized spacial score (nSPS) is 12.3. The molecule has 0 radical (unpaired) electrons. The number of hydrogen-bond donors (Lipinski definition) is 2. The monoisotopic (exact) mass is 367 g/mol. The molecule has 1 aliphatic heterocycles. The van der Waals surface area contributed by atoms with Gasteiger partial charge in [-0.1, -0.05) is 6.07 Å². The number of fused-ring (bicyclic) bond motifs is 1. The number of H-pyrrole nitrogens is 1. The number of pyridine rings is 1. The average molecular weight is 367 g/mol. The Hall–Kier alpha value is -3.27. The van der Waals surface area contributed by atoms with E-state index in [1.807, 2.05) is 24.3 Å². The summed E-state index contributed by atoms with van der Waals surface area (Å²) in [5.41, 5.74) is 2.80. The molecule has 1 aliphatic rings. The van der Waals surface area contributed by atoms with Crippen LogP contribution in [-0.2, 0) is 17.8 Å². The predicted octanol–water partition coefficient (Wildman–Crippen LogP) is 1.88. The van der Waals surface area contributed by atoms with E-state index < -0.39 is 0 Å². The highest BCUT2D eigenvalue weighted by Crippen LogP contribution is 2.30. The molecule has 2 aromatic rings. The molecule has 0 saturated heterocycles. The highest BCUT2D eigenvalue weighted by Gasteiger charge is 2.14. The summed E-state index contributed by atoms with van der Waals surface area (Å²) in [7, 11) is 0. The molecule has 0 unspecified atom stereocenters. The summed E-state index contributed by atoms with van der Waals surface area (Å²) >= 11 is 0. The Bertz CT molecular complexity index is 972. The molecule has 0 saturated carbocycles. The standard InChI is InChI=1S/C20H21N3O4/c1-12-15(13(2)23-20(25)16(12)10-21)4-6-19(24)22-11-14-3-5-17-18(9-14)27-8-7-26-17/h3,5,9H,4,6-8,11H2,1-2H3,(H,22,24)(H,23,25). The molecular weight excluding hydrogens is 346 g/mol. The first-order chi connectivity index (χ1) is 13.0. The smallest absolute Gasteiger partial charge is 0.266 e. The second-order valence-corrected chi connectivity index (χ2v) is 6.42. The molecule has 7 heteroatoms. The third-order valence-corrected chi connectivity index (χ3v) is 4.62. The first-order valence-corrected chi connectivity index (χ1v) is 8.77. The zero-order valence-electron chi connectivity index (χ0n) is 15.3. The van der Waals surface area contributed by atoms with Crippen molar-refractivity contribution >= 4 is 5.91 Å². The van der Waals surface area contributed by atoms with Gasteiger partial charge in [-0.05, 0) is 49.1 Å². The second kappa shape index (κ2) is 7.96. The van der Waals surface area contributed by atoms with Crippen LogP contribution in [0.3, 0.4) is 0 Å². The quantitative estimate of drug-likeness (QED) is 0.840. The maximum absolute atomic E-state index is 12.2. The second-order valence-electron chi connectivity index (χ2n) is 6.42. The number of carbonyl (C=O) groups excluding carboxylic acids is 1. The van der Waals surface area contributed by atoms with Crippen molar-refractivity contribution in [3.05, 3.63) is 56.5 Å². The molecular formula is C20H21N3O4. The van der Waals surface area contributed by atoms with E-state index in [1.165, 1.54) is 0 Å². The molecule has 0 fully saturated rings. The number of carbonyl (C=O) groups is 1. The van der Waals surface area contributed by atoms with E-state index in [-0.39, 0.29) is 23.5 Å². The van der Waals surface area contributed by atoms with Crippen molar-refractivity contribution in [1.29, 1.82) is 5.26 Å². The van der Waals surface area contributed by atoms with Crippen molar-refractivity contribution in [3.63, 3.8) is 0 Å². The SMILES string of the molecule is Cc1[nH]c(=O)c(C#N)c(C)c1CCC(=O)NCc1ccc2c(c1)OCCO2. The van der Waals surface area contributed by atoms with Gasteiger partial charge in [-0.15, -0.1) is 0 Å². The van der Waals surface area contributed by atoms with Crippen LogP contribution in [0.1, 0.15) is 34.4 Å². The Morgan fingerprint density at radius 2 is 2.00 bits per heavy atom. The molecule has 7 nitrogen and oxygen atoms in total. The van der Waals surface area contributed by atoms with Crippen molar-refractivity contribution in [2.45, 2.75) is 33.2 Å². The fourth-order valence-corrected chi connectivity index (χ4v) is 3.15. The Labute approximate surface area is 156 Å². The fraction of sp³-hybridized carbons (Fsp3) is 0.350. The molecule has 27 heavy (non-hydrogen) atoms. The Balaban J connectivity index is 1.59. The van der Waals surface area contributed by atoms with Gasteiger partial charge in [0.05, 0.1) is 0 Å². The molecule has 3 rings (SSSR count). The summed E-state index contributed by atoms with van der Waals surface area (Å²) in [5, 5.41) is 12.0. The topological polar surface area (TPSA) is 104 Å². The molecule has 140 valence electrons. The van der Waals surface area contributed by atoms with Crippen LogP contribution < -0.4 is 20.3 Å². The summed E-state index contributed by atoms with van der Waals surface area (Å²) in [6.07, 6.45) is 0.721. The molecule has 1 aromatic carbocycles. The number of aryl methyl sites for hydroxylation is 1. The maximum Gasteiger partial charge on any atom is 0.266 e. The lowest BCUT2D eigenvalue weighted by molar-refractivity contribution is -0.121. The van der Waals surface area contributed by atoms with E-state index >= 15 is 0 Å². The summed E-state index contributed by atoms with van der Waals surface area (Å²) < 4.78 is 11.0. The molecule has 1 amide bonds. The highest BCUT2D eigenvalue weighted by molar-refractivity contribution is 5.76. The Kier molecular flexibility index (Phi) is 5.46. The molecule has 2 heterocycles. The average Bonchev–Trinajstić information content (AvgIpc) is 2.66. The van der Waals surface area contributed by atoms with Gasteiger partial charge in [-0.25, -0.2) is 0 Å². The van der Waals surface area contributed by atoms with Crippen LogP contribution in [0.2, 0.25) is 0 Å².